The number of hydrogen-bond donors (Lipinski definition) is 19. The normalized spacial score (nSPS) is 24.1. The summed E-state index contributed by atoms with van der Waals surface area (Å²) >= 11 is 0.797. The molecule has 43 heteroatoms. The Kier molecular flexibility index (Phi) is 37.1. The maximum absolute atomic E-state index is 15.6. The highest BCUT2D eigenvalue weighted by Gasteiger charge is 2.45. The number of carbonyl (C=O) groups excluding carboxylic acids is 17. The molecule has 0 spiro atoms. The van der Waals surface area contributed by atoms with Gasteiger partial charge in [0.1, 0.15) is 78.5 Å². The molecule has 3 aliphatic rings. The number of aliphatic hydroxyl groups excluding tert-OH is 1. The quantitative estimate of drug-likeness (QED) is 0.0171. The van der Waals surface area contributed by atoms with Crippen molar-refractivity contribution in [3.63, 3.8) is 0 Å². The Hall–Kier alpha value is -13.5. The molecule has 3 aromatic carbocycles. The summed E-state index contributed by atoms with van der Waals surface area (Å²) in [7, 11) is 3.90. The smallest absolute Gasteiger partial charge is 0.246 e. The number of thioether (sulfide) groups is 1. The Morgan fingerprint density at radius 3 is 1.70 bits per heavy atom. The van der Waals surface area contributed by atoms with E-state index >= 15 is 24.0 Å². The zero-order valence-electron chi connectivity index (χ0n) is 73.9. The molecule has 3 aromatic heterocycles. The Bertz CT molecular complexity index is 5050. The molecule has 13 unspecified atom stereocenters. The summed E-state index contributed by atoms with van der Waals surface area (Å²) in [6, 6.07) is 3.15. The number of aromatic amines is 3. The van der Waals surface area contributed by atoms with Gasteiger partial charge in [0.05, 0.1) is 38.2 Å². The average molecular weight is 1820 g/mol. The Labute approximate surface area is 755 Å². The topological polar surface area (TPSA) is 621 Å². The fourth-order valence-corrected chi connectivity index (χ4v) is 16.9. The van der Waals surface area contributed by atoms with E-state index in [2.05, 4.69) is 78.4 Å². The molecular formula is C87H120N24O18S. The van der Waals surface area contributed by atoms with Crippen molar-refractivity contribution in [2.45, 2.75) is 203 Å². The van der Waals surface area contributed by atoms with Crippen molar-refractivity contribution >= 4 is 140 Å². The van der Waals surface area contributed by atoms with Gasteiger partial charge in [-0.1, -0.05) is 100 Å². The van der Waals surface area contributed by atoms with E-state index in [1.807, 2.05) is 6.92 Å². The number of rotatable bonds is 23. The SMILES string of the molecule is CCCCC1C(=O)NC(CCCNC(=N)N)C(=O)NC(C(=O)NCC(N)=O)CSCC(=O)NC(Cc2ccccc2)C(=O)N(C)C(C)C(=O)NC(CC(N)=O)C(=O)N2CCCC2C(=O)NC(Cc2cnc[nH]2)C(=O)NC(CC(C)C)C(=O)N(C)CC(=O)NC(Cc2c[nH]c3ccccc23)C(=O)NC(CO)C(=O)NC(Cc2c[nH]c3ccccc23)C(=O)N2CCCC2C(=O)N1C. The monoisotopic (exact) mass is 1820 g/mol. The van der Waals surface area contributed by atoms with Gasteiger partial charge in [0.15, 0.2) is 5.96 Å². The van der Waals surface area contributed by atoms with Gasteiger partial charge in [-0.05, 0) is 93.0 Å². The third kappa shape index (κ3) is 28.0. The molecule has 3 saturated heterocycles. The van der Waals surface area contributed by atoms with Crippen LogP contribution in [-0.4, -0.2) is 306 Å². The van der Waals surface area contributed by atoms with Gasteiger partial charge in [-0.25, -0.2) is 4.98 Å². The number of nitrogens with one attached hydrogen (secondary N) is 15. The number of aromatic nitrogens is 4. The van der Waals surface area contributed by atoms with Gasteiger partial charge in [0.25, 0.3) is 0 Å². The standard InChI is InChI=1S/C87H120N24O18S/c1-8-9-27-67-80(123)100-58(26-17-30-93-87(90)91)76(119)106-66(75(118)96-42-71(89)114)45-130-46-73(116)99-62(34-50-20-11-10-12-21-50)83(126)108(6)49(4)74(117)102-64(38-70(88)113)85(128)110-31-18-28-68(110)81(124)101-60(37-53-41-92-47-97-53)78(121)103-61(33-48(2)3)82(125)107(5)43-72(115)98-59(35-51-39-94-56-24-15-13-22-54(51)56)77(120)105-65(44-112)79(122)104-63(36-52-40-95-57-25-16-14-23-55(52)57)84(127)111-32-19-29-69(111)86(129)109(67)7/h10-16,20-25,39-41,47-49,58-69,94-95,112H,8-9,17-19,26-38,42-46H2,1-7H3,(H2,88,113)(H2,89,114)(H,92,97)(H,96,118)(H,98,115)(H,99,116)(H,100,123)(H,101,124)(H,102,117)(H,103,121)(H,104,122)(H,105,120)(H,106,119)(H4,90,91,93). The largest absolute Gasteiger partial charge is 0.394 e. The van der Waals surface area contributed by atoms with E-state index in [9.17, 15) is 62.6 Å². The first kappa shape index (κ1) is 100. The Morgan fingerprint density at radius 1 is 0.546 bits per heavy atom. The van der Waals surface area contributed by atoms with E-state index < -0.39 is 223 Å². The van der Waals surface area contributed by atoms with Crippen LogP contribution in [0.25, 0.3) is 21.8 Å². The predicted octanol–water partition coefficient (Wildman–Crippen LogP) is -3.16. The molecule has 13 atom stereocenters. The lowest BCUT2D eigenvalue weighted by Gasteiger charge is -2.35. The molecule has 0 bridgehead atoms. The molecule has 22 N–H and O–H groups in total. The van der Waals surface area contributed by atoms with Crippen LogP contribution < -0.4 is 75.7 Å². The number of primary amides is 2. The number of guanidine groups is 1. The number of aliphatic hydroxyl groups is 1. The van der Waals surface area contributed by atoms with Gasteiger partial charge >= 0.3 is 0 Å². The molecular weight excluding hydrogens is 1700 g/mol. The minimum Gasteiger partial charge on any atom is -0.394 e. The van der Waals surface area contributed by atoms with Crippen molar-refractivity contribution in [3.8, 4) is 0 Å². The molecule has 0 aliphatic carbocycles. The Balaban J connectivity index is 1.07. The van der Waals surface area contributed by atoms with Crippen LogP contribution in [0.15, 0.2) is 104 Å². The van der Waals surface area contributed by atoms with E-state index in [4.69, 9.17) is 22.6 Å². The minimum atomic E-state index is -1.83. The number of nitrogens with two attached hydrogens (primary N) is 3. The molecule has 6 heterocycles. The van der Waals surface area contributed by atoms with Gasteiger partial charge < -0.3 is 120 Å². The van der Waals surface area contributed by atoms with Crippen LogP contribution in [0, 0.1) is 11.3 Å². The number of hydrogen-bond acceptors (Lipinski definition) is 21. The maximum Gasteiger partial charge on any atom is 0.246 e. The highest BCUT2D eigenvalue weighted by Crippen LogP contribution is 2.28. The van der Waals surface area contributed by atoms with Crippen LogP contribution in [-0.2, 0) is 107 Å². The van der Waals surface area contributed by atoms with Crippen molar-refractivity contribution in [2.24, 2.45) is 23.1 Å². The van der Waals surface area contributed by atoms with Crippen LogP contribution in [0.5, 0.6) is 0 Å². The third-order valence-corrected chi connectivity index (χ3v) is 24.1. The average Bonchev–Trinajstić information content (AvgIpc) is 1.63. The predicted molar refractivity (Wildman–Crippen MR) is 478 cm³/mol. The fourth-order valence-electron chi connectivity index (χ4n) is 16.0. The zero-order valence-corrected chi connectivity index (χ0v) is 74.7. The number of unbranched alkanes of at least 4 members (excludes halogenated alkanes) is 1. The number of H-pyrrole nitrogens is 3. The zero-order chi connectivity index (χ0) is 94.6. The highest BCUT2D eigenvalue weighted by molar-refractivity contribution is 8.00. The third-order valence-electron chi connectivity index (χ3n) is 23.0. The molecule has 6 aromatic rings. The molecule has 0 saturated carbocycles. The van der Waals surface area contributed by atoms with Crippen LogP contribution >= 0.6 is 11.8 Å². The van der Waals surface area contributed by atoms with Crippen LogP contribution in [0.3, 0.4) is 0 Å². The molecule has 130 heavy (non-hydrogen) atoms. The molecule has 9 rings (SSSR count). The summed E-state index contributed by atoms with van der Waals surface area (Å²) in [6.45, 7) is 4.07. The molecule has 3 aliphatic heterocycles. The summed E-state index contributed by atoms with van der Waals surface area (Å²) in [5.41, 5.74) is 20.0. The van der Waals surface area contributed by atoms with Gasteiger partial charge in [0, 0.05) is 118 Å². The van der Waals surface area contributed by atoms with Gasteiger partial charge in [-0.15, -0.1) is 11.8 Å². The number of imidazole rings is 1. The number of benzene rings is 3. The molecule has 0 radical (unpaired) electrons. The second-order valence-electron chi connectivity index (χ2n) is 33.2. The lowest BCUT2D eigenvalue weighted by atomic mass is 10.0. The maximum atomic E-state index is 15.6. The lowest BCUT2D eigenvalue weighted by Crippen LogP contribution is -2.61. The summed E-state index contributed by atoms with van der Waals surface area (Å²) in [5, 5.41) is 49.3. The molecule has 17 amide bonds. The molecule has 702 valence electrons. The number of carbonyl (C=O) groups is 17. The second-order valence-corrected chi connectivity index (χ2v) is 34.3. The number of nitrogens with zero attached hydrogens (tertiary/aromatic N) is 6. The summed E-state index contributed by atoms with van der Waals surface area (Å²) in [4.78, 5) is 266. The summed E-state index contributed by atoms with van der Waals surface area (Å²) in [5.74, 6) is -16.9. The van der Waals surface area contributed by atoms with Crippen molar-refractivity contribution in [1.29, 1.82) is 5.41 Å². The van der Waals surface area contributed by atoms with Gasteiger partial charge in [-0.2, -0.15) is 0 Å². The first-order chi connectivity index (χ1) is 62.0. The fraction of sp³-hybridized carbons (Fsp3) is 0.506. The number of likely N-dealkylation sites (N-methyl/N-ethyl adjacent to an activating group) is 3. The summed E-state index contributed by atoms with van der Waals surface area (Å²) in [6.07, 6.45) is 5.59. The minimum absolute atomic E-state index is 0.00747. The van der Waals surface area contributed by atoms with Crippen LogP contribution in [0.4, 0.5) is 0 Å². The van der Waals surface area contributed by atoms with Gasteiger partial charge in [0.2, 0.25) is 100 Å². The number of amides is 17. The number of fused-ring (bicyclic) bond motifs is 4. The van der Waals surface area contributed by atoms with E-state index in [0.717, 1.165) is 26.5 Å². The van der Waals surface area contributed by atoms with E-state index in [-0.39, 0.29) is 103 Å². The first-order valence-corrected chi connectivity index (χ1v) is 44.5. The van der Waals surface area contributed by atoms with Crippen molar-refractivity contribution in [1.82, 2.24) is 103 Å². The van der Waals surface area contributed by atoms with Crippen molar-refractivity contribution < 1.29 is 86.6 Å². The van der Waals surface area contributed by atoms with Crippen LogP contribution in [0.2, 0.25) is 0 Å². The molecule has 3 fully saturated rings. The van der Waals surface area contributed by atoms with Gasteiger partial charge in [-0.3, -0.25) is 86.9 Å². The summed E-state index contributed by atoms with van der Waals surface area (Å²) < 4.78 is 0. The lowest BCUT2D eigenvalue weighted by molar-refractivity contribution is -0.148. The van der Waals surface area contributed by atoms with Crippen molar-refractivity contribution in [2.75, 3.05) is 72.0 Å². The van der Waals surface area contributed by atoms with Crippen LogP contribution in [0.1, 0.15) is 121 Å². The van der Waals surface area contributed by atoms with Crippen molar-refractivity contribution in [3.05, 3.63) is 126 Å². The Morgan fingerprint density at radius 2 is 1.09 bits per heavy atom. The van der Waals surface area contributed by atoms with E-state index in [1.54, 1.807) is 105 Å². The highest BCUT2D eigenvalue weighted by atomic mass is 32.2. The first-order valence-electron chi connectivity index (χ1n) is 43.4. The number of para-hydroxylation sites is 2. The van der Waals surface area contributed by atoms with E-state index in [1.165, 1.54) is 50.4 Å². The molecule has 42 nitrogen and oxygen atoms in total. The second kappa shape index (κ2) is 48.1. The van der Waals surface area contributed by atoms with E-state index in [0.29, 0.717) is 57.0 Å².